The molecule has 0 spiro atoms. The van der Waals surface area contributed by atoms with Crippen LogP contribution in [0.25, 0.3) is 0 Å². The van der Waals surface area contributed by atoms with E-state index in [0.717, 1.165) is 20.7 Å². The van der Waals surface area contributed by atoms with Crippen LogP contribution in [-0.4, -0.2) is 44.3 Å². The molecule has 0 fully saturated rings. The number of carbonyl (C=O) groups is 2. The Morgan fingerprint density at radius 3 is 2.28 bits per heavy atom. The van der Waals surface area contributed by atoms with Crippen LogP contribution in [0.4, 0.5) is 5.69 Å². The highest BCUT2D eigenvalue weighted by Gasteiger charge is 2.32. The van der Waals surface area contributed by atoms with Crippen LogP contribution >= 0.6 is 45.8 Å². The van der Waals surface area contributed by atoms with Crippen molar-refractivity contribution in [3.05, 3.63) is 92.0 Å². The number of anilines is 1. The fourth-order valence-corrected chi connectivity index (χ4v) is 6.07. The van der Waals surface area contributed by atoms with Gasteiger partial charge in [-0.1, -0.05) is 60.8 Å². The Labute approximate surface area is 253 Å². The number of amides is 2. The monoisotopic (exact) mass is 701 g/mol. The maximum Gasteiger partial charge on any atom is 0.264 e. The van der Waals surface area contributed by atoms with Crippen molar-refractivity contribution < 1.29 is 18.0 Å². The van der Waals surface area contributed by atoms with E-state index in [9.17, 15) is 18.0 Å². The van der Waals surface area contributed by atoms with Crippen LogP contribution < -0.4 is 9.62 Å². The molecule has 0 bridgehead atoms. The number of unbranched alkanes of at least 4 members (excludes halogenated alkanes) is 1. The average molecular weight is 702 g/mol. The summed E-state index contributed by atoms with van der Waals surface area (Å²) in [7, 11) is -4.11. The first kappa shape index (κ1) is 31.2. The minimum absolute atomic E-state index is 0.0108. The number of rotatable bonds is 12. The number of nitrogens with zero attached hydrogens (tertiary/aromatic N) is 2. The molecule has 3 aromatic carbocycles. The Kier molecular flexibility index (Phi) is 11.5. The molecule has 0 heterocycles. The summed E-state index contributed by atoms with van der Waals surface area (Å²) in [5.41, 5.74) is 0.909. The normalized spacial score (nSPS) is 12.0. The van der Waals surface area contributed by atoms with Gasteiger partial charge in [0.1, 0.15) is 12.6 Å². The molecular formula is C28H30Cl2IN3O4S. The molecule has 0 saturated carbocycles. The maximum atomic E-state index is 13.9. The molecule has 1 atom stereocenters. The van der Waals surface area contributed by atoms with E-state index < -0.39 is 28.5 Å². The lowest BCUT2D eigenvalue weighted by Gasteiger charge is -2.32. The van der Waals surface area contributed by atoms with E-state index in [-0.39, 0.29) is 17.3 Å². The summed E-state index contributed by atoms with van der Waals surface area (Å²) >= 11 is 14.6. The second-order valence-corrected chi connectivity index (χ2v) is 12.8. The predicted molar refractivity (Wildman–Crippen MR) is 165 cm³/mol. The molecule has 0 radical (unpaired) electrons. The van der Waals surface area contributed by atoms with Crippen LogP contribution in [-0.2, 0) is 26.2 Å². The molecule has 0 aromatic heterocycles. The zero-order valence-electron chi connectivity index (χ0n) is 21.6. The number of hydrogen-bond acceptors (Lipinski definition) is 4. The first-order valence-corrected chi connectivity index (χ1v) is 15.7. The molecule has 208 valence electrons. The highest BCUT2D eigenvalue weighted by atomic mass is 127. The van der Waals surface area contributed by atoms with Crippen molar-refractivity contribution in [3.8, 4) is 0 Å². The molecule has 3 rings (SSSR count). The Morgan fingerprint density at radius 2 is 1.67 bits per heavy atom. The molecule has 1 unspecified atom stereocenters. The topological polar surface area (TPSA) is 86.8 Å². The molecule has 0 aliphatic carbocycles. The Balaban J connectivity index is 2.00. The SMILES string of the molecule is CCCCNC(=O)C(C)N(Cc1ccc(Cl)cc1Cl)C(=O)CN(c1ccc(I)cc1)S(=O)(=O)c1ccccc1. The summed E-state index contributed by atoms with van der Waals surface area (Å²) < 4.78 is 29.5. The van der Waals surface area contributed by atoms with Crippen LogP contribution in [0, 0.1) is 3.57 Å². The van der Waals surface area contributed by atoms with Gasteiger partial charge in [-0.2, -0.15) is 0 Å². The Hall–Kier alpha value is -2.34. The van der Waals surface area contributed by atoms with Gasteiger partial charge in [0.15, 0.2) is 0 Å². The van der Waals surface area contributed by atoms with Gasteiger partial charge in [0.2, 0.25) is 11.8 Å². The van der Waals surface area contributed by atoms with Crippen molar-refractivity contribution in [3.63, 3.8) is 0 Å². The third kappa shape index (κ3) is 8.33. The summed E-state index contributed by atoms with van der Waals surface area (Å²) in [4.78, 5) is 28.3. The van der Waals surface area contributed by atoms with Gasteiger partial charge in [-0.05, 0) is 90.0 Å². The second-order valence-electron chi connectivity index (χ2n) is 8.88. The van der Waals surface area contributed by atoms with Gasteiger partial charge in [0, 0.05) is 26.7 Å². The number of halogens is 3. The van der Waals surface area contributed by atoms with Crippen molar-refractivity contribution in [2.24, 2.45) is 0 Å². The molecule has 1 N–H and O–H groups in total. The molecule has 11 heteroatoms. The zero-order chi connectivity index (χ0) is 28.6. The number of sulfonamides is 1. The molecular weight excluding hydrogens is 672 g/mol. The van der Waals surface area contributed by atoms with Gasteiger partial charge in [0.05, 0.1) is 10.6 Å². The molecule has 0 aliphatic heterocycles. The number of benzene rings is 3. The van der Waals surface area contributed by atoms with Crippen LogP contribution in [0.3, 0.4) is 0 Å². The molecule has 0 aliphatic rings. The number of carbonyl (C=O) groups excluding carboxylic acids is 2. The van der Waals surface area contributed by atoms with Gasteiger partial charge in [0.25, 0.3) is 10.0 Å². The summed E-state index contributed by atoms with van der Waals surface area (Å²) in [5, 5.41) is 3.63. The highest BCUT2D eigenvalue weighted by Crippen LogP contribution is 2.27. The van der Waals surface area contributed by atoms with E-state index in [2.05, 4.69) is 27.9 Å². The maximum absolute atomic E-state index is 13.9. The summed E-state index contributed by atoms with van der Waals surface area (Å²) in [6, 6.07) is 18.8. The van der Waals surface area contributed by atoms with Crippen molar-refractivity contribution in [2.45, 2.75) is 44.2 Å². The first-order valence-electron chi connectivity index (χ1n) is 12.4. The smallest absolute Gasteiger partial charge is 0.264 e. The van der Waals surface area contributed by atoms with Gasteiger partial charge in [-0.15, -0.1) is 0 Å². The first-order chi connectivity index (χ1) is 18.5. The van der Waals surface area contributed by atoms with E-state index in [1.165, 1.54) is 17.0 Å². The third-order valence-corrected chi connectivity index (χ3v) is 9.17. The minimum Gasteiger partial charge on any atom is -0.354 e. The predicted octanol–water partition coefficient (Wildman–Crippen LogP) is 6.13. The van der Waals surface area contributed by atoms with E-state index in [1.54, 1.807) is 67.6 Å². The highest BCUT2D eigenvalue weighted by molar-refractivity contribution is 14.1. The van der Waals surface area contributed by atoms with Crippen molar-refractivity contribution in [1.82, 2.24) is 10.2 Å². The second kappa shape index (κ2) is 14.3. The quantitative estimate of drug-likeness (QED) is 0.182. The van der Waals surface area contributed by atoms with Crippen molar-refractivity contribution in [1.29, 1.82) is 0 Å². The molecule has 39 heavy (non-hydrogen) atoms. The molecule has 2 amide bonds. The zero-order valence-corrected chi connectivity index (χ0v) is 26.1. The fourth-order valence-electron chi connectivity index (χ4n) is 3.81. The van der Waals surface area contributed by atoms with E-state index in [1.807, 2.05) is 6.92 Å². The van der Waals surface area contributed by atoms with Crippen LogP contribution in [0.15, 0.2) is 77.7 Å². The third-order valence-electron chi connectivity index (χ3n) is 6.08. The summed E-state index contributed by atoms with van der Waals surface area (Å²) in [5.74, 6) is -0.897. The van der Waals surface area contributed by atoms with Gasteiger partial charge in [-0.25, -0.2) is 8.42 Å². The van der Waals surface area contributed by atoms with Crippen LogP contribution in [0.1, 0.15) is 32.3 Å². The summed E-state index contributed by atoms with van der Waals surface area (Å²) in [6.07, 6.45) is 1.70. The lowest BCUT2D eigenvalue weighted by Crippen LogP contribution is -2.51. The van der Waals surface area contributed by atoms with Crippen LogP contribution in [0.5, 0.6) is 0 Å². The molecule has 0 saturated heterocycles. The Bertz CT molecular complexity index is 1390. The standard InChI is InChI=1S/C28H30Cl2IN3O4S/c1-3-4-16-32-28(36)20(2)33(18-21-10-11-22(29)17-26(21)30)27(35)19-34(24-14-12-23(31)13-15-24)39(37,38)25-8-6-5-7-9-25/h5-15,17,20H,3-4,16,18-19H2,1-2H3,(H,32,36). The van der Waals surface area contributed by atoms with Gasteiger partial charge in [-0.3, -0.25) is 13.9 Å². The summed E-state index contributed by atoms with van der Waals surface area (Å²) in [6.45, 7) is 3.57. The van der Waals surface area contributed by atoms with Crippen molar-refractivity contribution >= 4 is 73.3 Å². The average Bonchev–Trinajstić information content (AvgIpc) is 2.92. The fraction of sp³-hybridized carbons (Fsp3) is 0.286. The molecule has 7 nitrogen and oxygen atoms in total. The van der Waals surface area contributed by atoms with E-state index in [0.29, 0.717) is 27.8 Å². The lowest BCUT2D eigenvalue weighted by molar-refractivity contribution is -0.139. The van der Waals surface area contributed by atoms with E-state index >= 15 is 0 Å². The van der Waals surface area contributed by atoms with E-state index in [4.69, 9.17) is 23.2 Å². The Morgan fingerprint density at radius 1 is 1.00 bits per heavy atom. The van der Waals surface area contributed by atoms with Gasteiger partial charge >= 0.3 is 0 Å². The number of hydrogen-bond donors (Lipinski definition) is 1. The largest absolute Gasteiger partial charge is 0.354 e. The molecule has 3 aromatic rings. The van der Waals surface area contributed by atoms with Crippen molar-refractivity contribution in [2.75, 3.05) is 17.4 Å². The minimum atomic E-state index is -4.11. The van der Waals surface area contributed by atoms with Gasteiger partial charge < -0.3 is 10.2 Å². The number of nitrogens with one attached hydrogen (secondary N) is 1. The lowest BCUT2D eigenvalue weighted by atomic mass is 10.1. The van der Waals surface area contributed by atoms with Crippen LogP contribution in [0.2, 0.25) is 10.0 Å².